The molecule has 0 spiro atoms. The van der Waals surface area contributed by atoms with Crippen LogP contribution in [-0.4, -0.2) is 106 Å². The Hall–Kier alpha value is 0.510. The topological polar surface area (TPSA) is 112 Å². The fraction of sp³-hybridized carbons (Fsp3) is 0.882. The Bertz CT molecular complexity index is 588. The van der Waals surface area contributed by atoms with Crippen molar-refractivity contribution in [2.45, 2.75) is 25.5 Å². The molecule has 32 heavy (non-hydrogen) atoms. The number of carbonyl (C=O) groups excluding carboxylic acids is 2. The molecule has 10 nitrogen and oxygen atoms in total. The molecule has 0 aliphatic carbocycles. The molecule has 2 aliphatic rings. The molecular formula is C17H31Br2Cl2N4O6P. The molecule has 2 rings (SSSR count). The number of hydrogen-bond acceptors (Lipinski definition) is 6. The smallest absolute Gasteiger partial charge is 0.339 e. The van der Waals surface area contributed by atoms with Gasteiger partial charge in [-0.3, -0.25) is 19.4 Å². The summed E-state index contributed by atoms with van der Waals surface area (Å²) in [6, 6.07) is 0. The van der Waals surface area contributed by atoms with Crippen LogP contribution in [0.1, 0.15) is 19.3 Å². The van der Waals surface area contributed by atoms with Crippen LogP contribution in [0, 0.1) is 0 Å². The molecule has 2 N–H and O–H groups in total. The number of carbonyl (C=O) groups is 2. The predicted octanol–water partition coefficient (Wildman–Crippen LogP) is 2.93. The zero-order valence-electron chi connectivity index (χ0n) is 17.8. The first-order chi connectivity index (χ1) is 15.3. The molecule has 0 aromatic heterocycles. The fourth-order valence-electron chi connectivity index (χ4n) is 3.06. The number of hydrogen-bond donors (Lipinski definition) is 2. The van der Waals surface area contributed by atoms with Crippen LogP contribution >= 0.6 is 62.7 Å². The second-order valence-corrected chi connectivity index (χ2v) is 11.3. The van der Waals surface area contributed by atoms with E-state index in [1.807, 2.05) is 9.80 Å². The van der Waals surface area contributed by atoms with Crippen LogP contribution in [0.25, 0.3) is 0 Å². The first-order valence-electron chi connectivity index (χ1n) is 10.2. The Labute approximate surface area is 216 Å². The van der Waals surface area contributed by atoms with Gasteiger partial charge < -0.3 is 14.3 Å². The minimum Gasteiger partial charge on any atom is -0.339 e. The predicted molar refractivity (Wildman–Crippen MR) is 132 cm³/mol. The van der Waals surface area contributed by atoms with Crippen LogP contribution in [0.15, 0.2) is 0 Å². The summed E-state index contributed by atoms with van der Waals surface area (Å²) in [6.07, 6.45) is 0.813. The molecule has 2 saturated heterocycles. The van der Waals surface area contributed by atoms with Crippen molar-refractivity contribution in [3.8, 4) is 0 Å². The molecule has 2 fully saturated rings. The second-order valence-electron chi connectivity index (χ2n) is 6.84. The molecule has 2 amide bonds. The van der Waals surface area contributed by atoms with E-state index in [1.54, 1.807) is 0 Å². The van der Waals surface area contributed by atoms with E-state index in [0.29, 0.717) is 81.0 Å². The lowest BCUT2D eigenvalue weighted by Crippen LogP contribution is -2.50. The summed E-state index contributed by atoms with van der Waals surface area (Å²) < 4.78 is 19.1. The zero-order chi connectivity index (χ0) is 24.0. The molecule has 0 saturated carbocycles. The Morgan fingerprint density at radius 1 is 1.06 bits per heavy atom. The third kappa shape index (κ3) is 10.4. The van der Waals surface area contributed by atoms with Crippen LogP contribution in [0.4, 0.5) is 0 Å². The summed E-state index contributed by atoms with van der Waals surface area (Å²) in [5, 5.41) is 12.6. The van der Waals surface area contributed by atoms with Crippen molar-refractivity contribution in [3.05, 3.63) is 0 Å². The van der Waals surface area contributed by atoms with E-state index in [4.69, 9.17) is 33.0 Å². The van der Waals surface area contributed by atoms with Crippen LogP contribution < -0.4 is 5.09 Å². The summed E-state index contributed by atoms with van der Waals surface area (Å²) in [5.41, 5.74) is 0. The van der Waals surface area contributed by atoms with Crippen LogP contribution in [0.2, 0.25) is 0 Å². The first-order valence-corrected chi connectivity index (χ1v) is 15.1. The Balaban J connectivity index is 0.000000320. The van der Waals surface area contributed by atoms with Crippen molar-refractivity contribution in [2.24, 2.45) is 0 Å². The van der Waals surface area contributed by atoms with Gasteiger partial charge in [0.2, 0.25) is 11.8 Å². The maximum Gasteiger partial charge on any atom is 0.345 e. The highest BCUT2D eigenvalue weighted by Gasteiger charge is 2.37. The molecule has 0 bridgehead atoms. The molecule has 2 aliphatic heterocycles. The average molecular weight is 649 g/mol. The number of nitrogens with zero attached hydrogens (tertiary/aromatic N) is 3. The Morgan fingerprint density at radius 3 is 1.91 bits per heavy atom. The second kappa shape index (κ2) is 17.0. The SMILES string of the molecule is O=C(CCBr)N1CCN(C(=O)CCBr)CC1.O=[P@]1(N(CCCl)CCCl)N[C@H](OO)CCO1. The summed E-state index contributed by atoms with van der Waals surface area (Å²) in [4.78, 5) is 31.0. The van der Waals surface area contributed by atoms with Crippen molar-refractivity contribution in [2.75, 3.05) is 68.3 Å². The highest BCUT2D eigenvalue weighted by atomic mass is 79.9. The van der Waals surface area contributed by atoms with E-state index in [-0.39, 0.29) is 18.4 Å². The fourth-order valence-corrected chi connectivity index (χ4v) is 6.40. The maximum atomic E-state index is 12.4. The quantitative estimate of drug-likeness (QED) is 0.161. The van der Waals surface area contributed by atoms with E-state index in [9.17, 15) is 14.2 Å². The van der Waals surface area contributed by atoms with Crippen molar-refractivity contribution in [1.29, 1.82) is 0 Å². The first kappa shape index (κ1) is 30.5. The van der Waals surface area contributed by atoms with Crippen molar-refractivity contribution in [3.63, 3.8) is 0 Å². The number of halogens is 4. The van der Waals surface area contributed by atoms with E-state index in [1.165, 1.54) is 4.67 Å². The number of amides is 2. The van der Waals surface area contributed by atoms with Crippen molar-refractivity contribution < 1.29 is 28.8 Å². The van der Waals surface area contributed by atoms with E-state index < -0.39 is 13.9 Å². The Kier molecular flexibility index (Phi) is 16.2. The standard InChI is InChI=1S/C10H16Br2N2O2.C7H15Cl2N2O4P/c11-3-1-9(15)13-5-7-14(8-6-13)10(16)2-4-12;8-2-4-11(5-3-9)16(13)10-7(15-12)1-6-14-16/h1-8H2;7,12H,1-6H2,(H,10,13)/t;7-,16-/m.1/s1. The maximum absolute atomic E-state index is 12.4. The summed E-state index contributed by atoms with van der Waals surface area (Å²) in [5.74, 6) is 0.974. The number of alkyl halides is 4. The van der Waals surface area contributed by atoms with E-state index in [2.05, 4.69) is 41.8 Å². The molecule has 2 heterocycles. The number of rotatable bonds is 10. The van der Waals surface area contributed by atoms with Gasteiger partial charge in [-0.25, -0.2) is 14.6 Å². The van der Waals surface area contributed by atoms with Gasteiger partial charge in [-0.2, -0.15) is 0 Å². The van der Waals surface area contributed by atoms with Gasteiger partial charge in [0.15, 0.2) is 6.23 Å². The van der Waals surface area contributed by atoms with Crippen LogP contribution in [0.3, 0.4) is 0 Å². The lowest BCUT2D eigenvalue weighted by atomic mass is 10.2. The largest absolute Gasteiger partial charge is 0.345 e. The van der Waals surface area contributed by atoms with E-state index >= 15 is 0 Å². The van der Waals surface area contributed by atoms with Crippen LogP contribution in [0.5, 0.6) is 0 Å². The monoisotopic (exact) mass is 646 g/mol. The number of piperazine rings is 1. The van der Waals surface area contributed by atoms with Gasteiger partial charge in [0.05, 0.1) is 6.61 Å². The average Bonchev–Trinajstić information content (AvgIpc) is 2.80. The van der Waals surface area contributed by atoms with Crippen molar-refractivity contribution >= 4 is 74.5 Å². The molecule has 0 aromatic rings. The highest BCUT2D eigenvalue weighted by molar-refractivity contribution is 9.09. The van der Waals surface area contributed by atoms with Gasteiger partial charge >= 0.3 is 7.67 Å². The lowest BCUT2D eigenvalue weighted by molar-refractivity contribution is -0.286. The molecule has 188 valence electrons. The minimum atomic E-state index is -3.20. The van der Waals surface area contributed by atoms with Gasteiger partial charge in [-0.15, -0.1) is 23.2 Å². The molecular weight excluding hydrogens is 618 g/mol. The normalized spacial score (nSPS) is 23.6. The molecule has 15 heteroatoms. The summed E-state index contributed by atoms with van der Waals surface area (Å²) >= 11 is 17.7. The summed E-state index contributed by atoms with van der Waals surface area (Å²) in [6.45, 7) is 3.68. The van der Waals surface area contributed by atoms with Gasteiger partial charge in [0.25, 0.3) is 0 Å². The van der Waals surface area contributed by atoms with Gasteiger partial charge in [-0.05, 0) is 0 Å². The third-order valence-electron chi connectivity index (χ3n) is 4.74. The zero-order valence-corrected chi connectivity index (χ0v) is 23.3. The van der Waals surface area contributed by atoms with Gasteiger partial charge in [0, 0.05) is 81.0 Å². The third-order valence-corrected chi connectivity index (χ3v) is 8.16. The van der Waals surface area contributed by atoms with Crippen LogP contribution in [-0.2, 0) is 23.6 Å². The summed E-state index contributed by atoms with van der Waals surface area (Å²) in [7, 11) is -3.20. The molecule has 0 aromatic carbocycles. The van der Waals surface area contributed by atoms with Crippen molar-refractivity contribution in [1.82, 2.24) is 19.6 Å². The highest BCUT2D eigenvalue weighted by Crippen LogP contribution is 2.49. The molecule has 0 unspecified atom stereocenters. The molecule has 0 radical (unpaired) electrons. The Morgan fingerprint density at radius 2 is 1.53 bits per heavy atom. The van der Waals surface area contributed by atoms with E-state index in [0.717, 1.165) is 0 Å². The molecule has 2 atom stereocenters. The minimum absolute atomic E-state index is 0.171. The lowest BCUT2D eigenvalue weighted by Gasteiger charge is -2.35. The van der Waals surface area contributed by atoms with Gasteiger partial charge in [0.1, 0.15) is 0 Å². The van der Waals surface area contributed by atoms with Gasteiger partial charge in [-0.1, -0.05) is 31.9 Å². The number of nitrogens with one attached hydrogen (secondary N) is 1.